The number of nitrogens with one attached hydrogen (secondary N) is 1. The number of fused-ring (bicyclic) bond motifs is 1. The Morgan fingerprint density at radius 3 is 2.90 bits per heavy atom. The van der Waals surface area contributed by atoms with E-state index in [0.29, 0.717) is 16.8 Å². The third-order valence-corrected chi connectivity index (χ3v) is 3.24. The Balaban J connectivity index is 2.00. The van der Waals surface area contributed by atoms with Crippen molar-refractivity contribution in [3.8, 4) is 0 Å². The van der Waals surface area contributed by atoms with Gasteiger partial charge in [-0.05, 0) is 23.6 Å². The minimum atomic E-state index is 0.382. The zero-order valence-electron chi connectivity index (χ0n) is 11.2. The number of rotatable bonds is 3. The largest absolute Gasteiger partial charge is 0.340 e. The number of anilines is 2. The molecule has 0 atom stereocenters. The van der Waals surface area contributed by atoms with Gasteiger partial charge in [-0.3, -0.25) is 0 Å². The van der Waals surface area contributed by atoms with Gasteiger partial charge in [0.25, 0.3) is 5.78 Å². The lowest BCUT2D eigenvalue weighted by molar-refractivity contribution is 0.867. The van der Waals surface area contributed by atoms with Gasteiger partial charge in [-0.15, -0.1) is 0 Å². The van der Waals surface area contributed by atoms with Crippen LogP contribution in [0.5, 0.6) is 0 Å². The first-order chi connectivity index (χ1) is 9.63. The van der Waals surface area contributed by atoms with E-state index in [9.17, 15) is 0 Å². The standard InChI is InChI=1S/C14H14ClN5/c1-9(2)10-4-3-5-11(6-10)18-13-7-12(15)19-14-16-8-17-20(13)14/h3-9,18H,1-2H3. The molecule has 0 saturated carbocycles. The van der Waals surface area contributed by atoms with Gasteiger partial charge >= 0.3 is 0 Å². The molecular weight excluding hydrogens is 274 g/mol. The molecule has 3 rings (SSSR count). The predicted molar refractivity (Wildman–Crippen MR) is 79.6 cm³/mol. The Bertz CT molecular complexity index is 750. The SMILES string of the molecule is CC(C)c1cccc(Nc2cc(Cl)nc3ncnn23)c1. The molecular formula is C14H14ClN5. The molecule has 5 nitrogen and oxygen atoms in total. The molecule has 2 aromatic heterocycles. The Kier molecular flexibility index (Phi) is 3.28. The Hall–Kier alpha value is -2.14. The molecule has 0 aliphatic carbocycles. The number of halogens is 1. The van der Waals surface area contributed by atoms with E-state index in [1.165, 1.54) is 11.9 Å². The van der Waals surface area contributed by atoms with E-state index in [4.69, 9.17) is 11.6 Å². The van der Waals surface area contributed by atoms with Crippen LogP contribution in [0.25, 0.3) is 5.78 Å². The van der Waals surface area contributed by atoms with E-state index < -0.39 is 0 Å². The van der Waals surface area contributed by atoms with Gasteiger partial charge in [0.05, 0.1) is 0 Å². The normalized spacial score (nSPS) is 11.2. The molecule has 20 heavy (non-hydrogen) atoms. The van der Waals surface area contributed by atoms with Gasteiger partial charge in [0.1, 0.15) is 17.3 Å². The fourth-order valence-electron chi connectivity index (χ4n) is 2.00. The lowest BCUT2D eigenvalue weighted by Crippen LogP contribution is -2.02. The summed E-state index contributed by atoms with van der Waals surface area (Å²) in [7, 11) is 0. The van der Waals surface area contributed by atoms with Crippen LogP contribution < -0.4 is 5.32 Å². The first-order valence-electron chi connectivity index (χ1n) is 6.37. The second kappa shape index (κ2) is 5.09. The number of hydrogen-bond donors (Lipinski definition) is 1. The van der Waals surface area contributed by atoms with E-state index in [-0.39, 0.29) is 0 Å². The van der Waals surface area contributed by atoms with Crippen LogP contribution in [0.2, 0.25) is 5.15 Å². The summed E-state index contributed by atoms with van der Waals surface area (Å²) in [5.41, 5.74) is 2.25. The van der Waals surface area contributed by atoms with Crippen LogP contribution in [-0.2, 0) is 0 Å². The van der Waals surface area contributed by atoms with Crippen molar-refractivity contribution in [3.63, 3.8) is 0 Å². The average molecular weight is 288 g/mol. The summed E-state index contributed by atoms with van der Waals surface area (Å²) in [6.45, 7) is 4.33. The van der Waals surface area contributed by atoms with Crippen LogP contribution in [-0.4, -0.2) is 19.6 Å². The van der Waals surface area contributed by atoms with Crippen molar-refractivity contribution in [2.45, 2.75) is 19.8 Å². The van der Waals surface area contributed by atoms with Gasteiger partial charge in [0.15, 0.2) is 0 Å². The van der Waals surface area contributed by atoms with Crippen LogP contribution in [0.4, 0.5) is 11.5 Å². The molecule has 0 aliphatic rings. The molecule has 0 spiro atoms. The molecule has 3 aromatic rings. The molecule has 1 aromatic carbocycles. The summed E-state index contributed by atoms with van der Waals surface area (Å²) in [5, 5.41) is 7.82. The molecule has 0 amide bonds. The highest BCUT2D eigenvalue weighted by Gasteiger charge is 2.07. The average Bonchev–Trinajstić information content (AvgIpc) is 2.87. The molecule has 2 heterocycles. The minimum Gasteiger partial charge on any atom is -0.340 e. The summed E-state index contributed by atoms with van der Waals surface area (Å²) in [6, 6.07) is 9.98. The van der Waals surface area contributed by atoms with Gasteiger partial charge in [0.2, 0.25) is 0 Å². The third-order valence-electron chi connectivity index (χ3n) is 3.05. The van der Waals surface area contributed by atoms with Crippen LogP contribution >= 0.6 is 11.6 Å². The van der Waals surface area contributed by atoms with Crippen molar-refractivity contribution in [1.82, 2.24) is 19.6 Å². The van der Waals surface area contributed by atoms with Crippen molar-refractivity contribution in [2.24, 2.45) is 0 Å². The van der Waals surface area contributed by atoms with Gasteiger partial charge in [-0.25, -0.2) is 0 Å². The molecule has 0 saturated heterocycles. The van der Waals surface area contributed by atoms with Gasteiger partial charge in [-0.1, -0.05) is 37.6 Å². The maximum Gasteiger partial charge on any atom is 0.255 e. The minimum absolute atomic E-state index is 0.382. The second-order valence-corrected chi connectivity index (χ2v) is 5.23. The lowest BCUT2D eigenvalue weighted by atomic mass is 10.0. The molecule has 0 unspecified atom stereocenters. The Labute approximate surface area is 121 Å². The van der Waals surface area contributed by atoms with Crippen molar-refractivity contribution >= 4 is 28.9 Å². The Morgan fingerprint density at radius 1 is 1.25 bits per heavy atom. The van der Waals surface area contributed by atoms with Crippen LogP contribution in [0.3, 0.4) is 0 Å². The third kappa shape index (κ3) is 2.44. The monoisotopic (exact) mass is 287 g/mol. The maximum atomic E-state index is 6.00. The molecule has 6 heteroatoms. The van der Waals surface area contributed by atoms with Crippen LogP contribution in [0.15, 0.2) is 36.7 Å². The first kappa shape index (κ1) is 12.9. The van der Waals surface area contributed by atoms with Crippen molar-refractivity contribution in [2.75, 3.05) is 5.32 Å². The topological polar surface area (TPSA) is 55.1 Å². The maximum absolute atomic E-state index is 6.00. The van der Waals surface area contributed by atoms with Crippen molar-refractivity contribution < 1.29 is 0 Å². The summed E-state index contributed by atoms with van der Waals surface area (Å²) in [5.74, 6) is 1.68. The smallest absolute Gasteiger partial charge is 0.255 e. The highest BCUT2D eigenvalue weighted by molar-refractivity contribution is 6.29. The van der Waals surface area contributed by atoms with Gasteiger partial charge in [0, 0.05) is 11.8 Å². The second-order valence-electron chi connectivity index (χ2n) is 4.84. The number of nitrogens with zero attached hydrogens (tertiary/aromatic N) is 4. The van der Waals surface area contributed by atoms with Crippen molar-refractivity contribution in [3.05, 3.63) is 47.4 Å². The lowest BCUT2D eigenvalue weighted by Gasteiger charge is -2.11. The molecule has 0 fully saturated rings. The molecule has 102 valence electrons. The summed E-state index contributed by atoms with van der Waals surface area (Å²) >= 11 is 6.00. The van der Waals surface area contributed by atoms with Crippen LogP contribution in [0, 0.1) is 0 Å². The molecule has 0 aliphatic heterocycles. The van der Waals surface area contributed by atoms with Crippen molar-refractivity contribution in [1.29, 1.82) is 0 Å². The summed E-state index contributed by atoms with van der Waals surface area (Å²) < 4.78 is 1.62. The molecule has 0 bridgehead atoms. The predicted octanol–water partition coefficient (Wildman–Crippen LogP) is 3.64. The van der Waals surface area contributed by atoms with E-state index in [1.807, 2.05) is 12.1 Å². The number of benzene rings is 1. The summed E-state index contributed by atoms with van der Waals surface area (Å²) in [4.78, 5) is 8.14. The highest BCUT2D eigenvalue weighted by Crippen LogP contribution is 2.23. The van der Waals surface area contributed by atoms with E-state index in [2.05, 4.69) is 46.4 Å². The van der Waals surface area contributed by atoms with E-state index >= 15 is 0 Å². The molecule has 0 radical (unpaired) electrons. The fraction of sp³-hybridized carbons (Fsp3) is 0.214. The number of hydrogen-bond acceptors (Lipinski definition) is 4. The first-order valence-corrected chi connectivity index (χ1v) is 6.74. The summed E-state index contributed by atoms with van der Waals surface area (Å²) in [6.07, 6.45) is 1.45. The fourth-order valence-corrected chi connectivity index (χ4v) is 2.17. The van der Waals surface area contributed by atoms with E-state index in [0.717, 1.165) is 11.5 Å². The van der Waals surface area contributed by atoms with Gasteiger partial charge < -0.3 is 5.32 Å². The quantitative estimate of drug-likeness (QED) is 0.747. The Morgan fingerprint density at radius 2 is 2.10 bits per heavy atom. The highest BCUT2D eigenvalue weighted by atomic mass is 35.5. The molecule has 1 N–H and O–H groups in total. The van der Waals surface area contributed by atoms with E-state index in [1.54, 1.807) is 10.6 Å². The number of aromatic nitrogens is 4. The van der Waals surface area contributed by atoms with Gasteiger partial charge in [-0.2, -0.15) is 19.6 Å². The zero-order chi connectivity index (χ0) is 14.1. The zero-order valence-corrected chi connectivity index (χ0v) is 12.0. The van der Waals surface area contributed by atoms with Crippen LogP contribution in [0.1, 0.15) is 25.3 Å².